The fourth-order valence-corrected chi connectivity index (χ4v) is 2.59. The van der Waals surface area contributed by atoms with E-state index >= 15 is 0 Å². The smallest absolute Gasteiger partial charge is 0.377 e. The summed E-state index contributed by atoms with van der Waals surface area (Å²) in [6, 6.07) is 0.885. The van der Waals surface area contributed by atoms with Crippen molar-refractivity contribution in [3.05, 3.63) is 0 Å². The van der Waals surface area contributed by atoms with E-state index in [0.29, 0.717) is 0 Å². The van der Waals surface area contributed by atoms with Gasteiger partial charge >= 0.3 is 8.80 Å². The van der Waals surface area contributed by atoms with Gasteiger partial charge in [0.1, 0.15) is 0 Å². The predicted molar refractivity (Wildman–Crippen MR) is 58.0 cm³/mol. The van der Waals surface area contributed by atoms with Crippen molar-refractivity contribution < 1.29 is 13.3 Å². The first-order chi connectivity index (χ1) is 6.47. The summed E-state index contributed by atoms with van der Waals surface area (Å²) in [5.41, 5.74) is 8.94. The van der Waals surface area contributed by atoms with Crippen molar-refractivity contribution in [1.82, 2.24) is 0 Å². The molecule has 0 aliphatic carbocycles. The lowest BCUT2D eigenvalue weighted by Crippen LogP contribution is -2.42. The van der Waals surface area contributed by atoms with Crippen molar-refractivity contribution in [2.45, 2.75) is 19.4 Å². The lowest BCUT2D eigenvalue weighted by molar-refractivity contribution is 0.123. The Kier molecular flexibility index (Phi) is 10.1. The molecule has 0 amide bonds. The van der Waals surface area contributed by atoms with Crippen LogP contribution in [0.15, 0.2) is 0 Å². The van der Waals surface area contributed by atoms with E-state index in [1.165, 1.54) is 0 Å². The molecule has 0 saturated heterocycles. The highest BCUT2D eigenvalue weighted by atomic mass is 28.4. The number of guanidine groups is 1. The van der Waals surface area contributed by atoms with E-state index in [0.717, 1.165) is 12.5 Å². The van der Waals surface area contributed by atoms with Crippen molar-refractivity contribution >= 4 is 14.8 Å². The van der Waals surface area contributed by atoms with Gasteiger partial charge in [0.25, 0.3) is 0 Å². The Balaban J connectivity index is 0. The first-order valence-corrected chi connectivity index (χ1v) is 6.16. The third kappa shape index (κ3) is 7.99. The van der Waals surface area contributed by atoms with Gasteiger partial charge in [-0.3, -0.25) is 5.41 Å². The minimum atomic E-state index is -2.22. The molecule has 7 heteroatoms. The molecule has 0 bridgehead atoms. The van der Waals surface area contributed by atoms with E-state index in [1.54, 1.807) is 21.3 Å². The maximum atomic E-state index is 6.06. The summed E-state index contributed by atoms with van der Waals surface area (Å²) in [5.74, 6) is -0.333. The molecule has 0 aliphatic rings. The standard InChI is InChI=1S/C6H16O3Si.CH5N3/c1-5-6-10(7-2,8-3)9-4;2-1(3)4/h5-6H2,1-4H3;(H5,2,3,4). The van der Waals surface area contributed by atoms with Gasteiger partial charge in [-0.05, 0) is 0 Å². The molecule has 0 fully saturated rings. The van der Waals surface area contributed by atoms with Crippen molar-refractivity contribution in [2.75, 3.05) is 21.3 Å². The summed E-state index contributed by atoms with van der Waals surface area (Å²) in [4.78, 5) is 0. The maximum Gasteiger partial charge on any atom is 0.500 e. The molecule has 0 aromatic rings. The van der Waals surface area contributed by atoms with Crippen LogP contribution in [0.5, 0.6) is 0 Å². The van der Waals surface area contributed by atoms with E-state index in [-0.39, 0.29) is 5.96 Å². The Bertz CT molecular complexity index is 141. The van der Waals surface area contributed by atoms with E-state index in [4.69, 9.17) is 18.7 Å². The van der Waals surface area contributed by atoms with Crippen LogP contribution in [-0.4, -0.2) is 36.1 Å². The molecule has 0 unspecified atom stereocenters. The first-order valence-electron chi connectivity index (χ1n) is 4.23. The van der Waals surface area contributed by atoms with Crippen LogP contribution in [0.2, 0.25) is 6.04 Å². The van der Waals surface area contributed by atoms with E-state index in [9.17, 15) is 0 Å². The molecular weight excluding hydrogens is 202 g/mol. The first kappa shape index (κ1) is 15.8. The fraction of sp³-hybridized carbons (Fsp3) is 0.857. The molecule has 6 nitrogen and oxygen atoms in total. The average molecular weight is 223 g/mol. The van der Waals surface area contributed by atoms with Crippen molar-refractivity contribution in [2.24, 2.45) is 11.5 Å². The maximum absolute atomic E-state index is 6.06. The van der Waals surface area contributed by atoms with Gasteiger partial charge in [0.05, 0.1) is 0 Å². The number of hydrogen-bond acceptors (Lipinski definition) is 4. The van der Waals surface area contributed by atoms with Gasteiger partial charge in [-0.1, -0.05) is 13.3 Å². The average Bonchev–Trinajstić information content (AvgIpc) is 2.14. The Morgan fingerprint density at radius 2 is 1.43 bits per heavy atom. The largest absolute Gasteiger partial charge is 0.500 e. The summed E-state index contributed by atoms with van der Waals surface area (Å²) in [6.45, 7) is 2.08. The zero-order valence-electron chi connectivity index (χ0n) is 9.29. The van der Waals surface area contributed by atoms with Crippen LogP contribution < -0.4 is 11.5 Å². The molecular formula is C7H21N3O3Si. The molecule has 86 valence electrons. The van der Waals surface area contributed by atoms with Crippen LogP contribution in [0, 0.1) is 5.41 Å². The Morgan fingerprint density at radius 1 is 1.14 bits per heavy atom. The van der Waals surface area contributed by atoms with E-state index in [1.807, 2.05) is 0 Å². The molecule has 0 heterocycles. The monoisotopic (exact) mass is 223 g/mol. The van der Waals surface area contributed by atoms with Gasteiger partial charge in [-0.25, -0.2) is 0 Å². The molecule has 0 rings (SSSR count). The van der Waals surface area contributed by atoms with Crippen molar-refractivity contribution in [3.8, 4) is 0 Å². The molecule has 0 spiro atoms. The second kappa shape index (κ2) is 8.94. The van der Waals surface area contributed by atoms with E-state index < -0.39 is 8.80 Å². The Hall–Kier alpha value is -0.633. The SMILES string of the molecule is CCC[Si](OC)(OC)OC.N=C(N)N. The zero-order valence-corrected chi connectivity index (χ0v) is 10.3. The van der Waals surface area contributed by atoms with Gasteiger partial charge in [0.15, 0.2) is 5.96 Å². The molecule has 0 saturated carbocycles. The summed E-state index contributed by atoms with van der Waals surface area (Å²) in [6.07, 6.45) is 1.03. The summed E-state index contributed by atoms with van der Waals surface area (Å²) in [5, 5.41) is 6.06. The second-order valence-electron chi connectivity index (χ2n) is 2.50. The number of nitrogens with one attached hydrogen (secondary N) is 1. The topological polar surface area (TPSA) is 104 Å². The Labute approximate surface area is 86.4 Å². The molecule has 0 aromatic heterocycles. The van der Waals surface area contributed by atoms with Gasteiger partial charge in [-0.2, -0.15) is 0 Å². The van der Waals surface area contributed by atoms with E-state index in [2.05, 4.69) is 18.4 Å². The summed E-state index contributed by atoms with van der Waals surface area (Å²) in [7, 11) is 2.68. The zero-order chi connectivity index (χ0) is 11.6. The van der Waals surface area contributed by atoms with Crippen molar-refractivity contribution in [1.29, 1.82) is 5.41 Å². The third-order valence-corrected chi connectivity index (χ3v) is 4.47. The fourth-order valence-electron chi connectivity index (χ4n) is 0.862. The van der Waals surface area contributed by atoms with Crippen LogP contribution in [0.3, 0.4) is 0 Å². The minimum Gasteiger partial charge on any atom is -0.377 e. The number of rotatable bonds is 5. The summed E-state index contributed by atoms with van der Waals surface area (Å²) < 4.78 is 15.5. The predicted octanol–water partition coefficient (Wildman–Crippen LogP) is 0.113. The second-order valence-corrected chi connectivity index (χ2v) is 5.59. The highest BCUT2D eigenvalue weighted by Crippen LogP contribution is 2.13. The lowest BCUT2D eigenvalue weighted by Gasteiger charge is -2.23. The molecule has 0 aromatic carbocycles. The molecule has 0 aliphatic heterocycles. The molecule has 5 N–H and O–H groups in total. The van der Waals surface area contributed by atoms with Crippen LogP contribution in [0.4, 0.5) is 0 Å². The lowest BCUT2D eigenvalue weighted by atomic mass is 10.6. The Morgan fingerprint density at radius 3 is 1.50 bits per heavy atom. The van der Waals surface area contributed by atoms with Crippen LogP contribution in [0.25, 0.3) is 0 Å². The minimum absolute atomic E-state index is 0.333. The molecule has 14 heavy (non-hydrogen) atoms. The van der Waals surface area contributed by atoms with Crippen LogP contribution in [-0.2, 0) is 13.3 Å². The molecule has 0 radical (unpaired) electrons. The van der Waals surface area contributed by atoms with Crippen LogP contribution >= 0.6 is 0 Å². The van der Waals surface area contributed by atoms with Gasteiger partial charge in [-0.15, -0.1) is 0 Å². The van der Waals surface area contributed by atoms with Gasteiger partial charge in [0, 0.05) is 27.4 Å². The third-order valence-electron chi connectivity index (χ3n) is 1.49. The summed E-state index contributed by atoms with van der Waals surface area (Å²) >= 11 is 0. The molecule has 0 atom stereocenters. The highest BCUT2D eigenvalue weighted by molar-refractivity contribution is 6.60. The number of hydrogen-bond donors (Lipinski definition) is 3. The van der Waals surface area contributed by atoms with Gasteiger partial charge in [0.2, 0.25) is 0 Å². The highest BCUT2D eigenvalue weighted by Gasteiger charge is 2.36. The number of nitrogens with two attached hydrogens (primary N) is 2. The normalized spacial score (nSPS) is 10.3. The quantitative estimate of drug-likeness (QED) is 0.349. The van der Waals surface area contributed by atoms with Gasteiger partial charge < -0.3 is 24.7 Å². The van der Waals surface area contributed by atoms with Crippen LogP contribution in [0.1, 0.15) is 13.3 Å². The van der Waals surface area contributed by atoms with Crippen molar-refractivity contribution in [3.63, 3.8) is 0 Å².